The maximum atomic E-state index is 13.2. The van der Waals surface area contributed by atoms with Crippen molar-refractivity contribution in [3.05, 3.63) is 27.8 Å². The lowest BCUT2D eigenvalue weighted by atomic mass is 10.3. The number of anilines is 1. The van der Waals surface area contributed by atoms with Crippen LogP contribution in [0.3, 0.4) is 0 Å². The van der Waals surface area contributed by atoms with Crippen molar-refractivity contribution < 1.29 is 4.39 Å². The molecule has 0 aromatic carbocycles. The van der Waals surface area contributed by atoms with Gasteiger partial charge in [-0.15, -0.1) is 0 Å². The van der Waals surface area contributed by atoms with Crippen LogP contribution in [0.5, 0.6) is 0 Å². The van der Waals surface area contributed by atoms with Gasteiger partial charge in [0.2, 0.25) is 0 Å². The van der Waals surface area contributed by atoms with Gasteiger partial charge >= 0.3 is 0 Å². The molecule has 0 radical (unpaired) electrons. The third kappa shape index (κ3) is 2.06. The molecule has 1 aliphatic heterocycles. The van der Waals surface area contributed by atoms with E-state index in [1.807, 2.05) is 17.0 Å². The summed E-state index contributed by atoms with van der Waals surface area (Å²) in [6, 6.07) is 3.75. The van der Waals surface area contributed by atoms with Gasteiger partial charge < -0.3 is 4.90 Å². The molecule has 1 aliphatic rings. The molecule has 0 spiro atoms. The third-order valence-corrected chi connectivity index (χ3v) is 4.37. The van der Waals surface area contributed by atoms with Crippen LogP contribution >= 0.6 is 27.5 Å². The van der Waals surface area contributed by atoms with Gasteiger partial charge in [-0.3, -0.25) is 4.98 Å². The summed E-state index contributed by atoms with van der Waals surface area (Å²) >= 11 is 9.41. The molecule has 3 nitrogen and oxygen atoms in total. The van der Waals surface area contributed by atoms with E-state index in [0.717, 1.165) is 15.8 Å². The number of aromatic nitrogens is 2. The maximum absolute atomic E-state index is 13.2. The monoisotopic (exact) mass is 329 g/mol. The molecule has 0 saturated carbocycles. The molecule has 18 heavy (non-hydrogen) atoms. The van der Waals surface area contributed by atoms with Crippen molar-refractivity contribution in [3.8, 4) is 0 Å². The van der Waals surface area contributed by atoms with Crippen LogP contribution in [-0.4, -0.2) is 29.2 Å². The SMILES string of the molecule is FC1CCN(c2ccc3ncc(Cl)c(Br)c3n2)C1. The number of nitrogens with zero attached hydrogens (tertiary/aromatic N) is 3. The Hall–Kier alpha value is -0.940. The maximum Gasteiger partial charge on any atom is 0.129 e. The van der Waals surface area contributed by atoms with Crippen molar-refractivity contribution in [1.82, 2.24) is 9.97 Å². The molecule has 1 fully saturated rings. The Balaban J connectivity index is 2.07. The Bertz CT molecular complexity index is 607. The number of fused-ring (bicyclic) bond motifs is 1. The van der Waals surface area contributed by atoms with Gasteiger partial charge in [-0.05, 0) is 34.5 Å². The van der Waals surface area contributed by atoms with Crippen molar-refractivity contribution in [3.63, 3.8) is 0 Å². The number of alkyl halides is 1. The zero-order chi connectivity index (χ0) is 12.7. The Kier molecular flexibility index (Phi) is 3.11. The zero-order valence-electron chi connectivity index (χ0n) is 9.41. The summed E-state index contributed by atoms with van der Waals surface area (Å²) in [6.45, 7) is 1.11. The van der Waals surface area contributed by atoms with Gasteiger partial charge in [0, 0.05) is 12.7 Å². The second kappa shape index (κ2) is 4.63. The number of hydrogen-bond acceptors (Lipinski definition) is 3. The summed E-state index contributed by atoms with van der Waals surface area (Å²) in [4.78, 5) is 10.7. The average Bonchev–Trinajstić information content (AvgIpc) is 2.80. The van der Waals surface area contributed by atoms with E-state index in [9.17, 15) is 4.39 Å². The molecular formula is C12H10BrClFN3. The summed E-state index contributed by atoms with van der Waals surface area (Å²) in [6.07, 6.45) is 1.39. The smallest absolute Gasteiger partial charge is 0.129 e. The lowest BCUT2D eigenvalue weighted by molar-refractivity contribution is 0.364. The van der Waals surface area contributed by atoms with Crippen LogP contribution in [0.25, 0.3) is 11.0 Å². The van der Waals surface area contributed by atoms with Gasteiger partial charge in [0.1, 0.15) is 17.5 Å². The topological polar surface area (TPSA) is 29.0 Å². The molecule has 3 rings (SSSR count). The molecule has 2 aromatic heterocycles. The number of halogens is 3. The second-order valence-corrected chi connectivity index (χ2v) is 5.49. The summed E-state index contributed by atoms with van der Waals surface area (Å²) in [7, 11) is 0. The molecule has 1 saturated heterocycles. The molecule has 1 unspecified atom stereocenters. The third-order valence-electron chi connectivity index (χ3n) is 3.05. The van der Waals surface area contributed by atoms with Crippen LogP contribution in [-0.2, 0) is 0 Å². The minimum atomic E-state index is -0.761. The predicted molar refractivity (Wildman–Crippen MR) is 74.0 cm³/mol. The van der Waals surface area contributed by atoms with Crippen molar-refractivity contribution in [2.24, 2.45) is 0 Å². The molecule has 1 atom stereocenters. The summed E-state index contributed by atoms with van der Waals surface area (Å²) in [5.41, 5.74) is 1.48. The fourth-order valence-corrected chi connectivity index (χ4v) is 2.64. The Morgan fingerprint density at radius 3 is 3.00 bits per heavy atom. The van der Waals surface area contributed by atoms with E-state index in [-0.39, 0.29) is 0 Å². The molecule has 0 N–H and O–H groups in total. The molecule has 2 aromatic rings. The molecule has 94 valence electrons. The first-order chi connectivity index (χ1) is 8.65. The first-order valence-electron chi connectivity index (χ1n) is 5.65. The van der Waals surface area contributed by atoms with Gasteiger partial charge in [-0.25, -0.2) is 9.37 Å². The summed E-state index contributed by atoms with van der Waals surface area (Å²) in [5.74, 6) is 0.771. The van der Waals surface area contributed by atoms with E-state index in [0.29, 0.717) is 30.0 Å². The first-order valence-corrected chi connectivity index (χ1v) is 6.82. The molecule has 3 heterocycles. The molecule has 0 bridgehead atoms. The van der Waals surface area contributed by atoms with E-state index < -0.39 is 6.17 Å². The Labute approximate surface area is 117 Å². The van der Waals surface area contributed by atoms with Crippen LogP contribution in [0.15, 0.2) is 22.8 Å². The van der Waals surface area contributed by atoms with E-state index in [2.05, 4.69) is 25.9 Å². The largest absolute Gasteiger partial charge is 0.354 e. The van der Waals surface area contributed by atoms with Gasteiger partial charge in [-0.1, -0.05) is 11.6 Å². The van der Waals surface area contributed by atoms with Crippen LogP contribution in [0.1, 0.15) is 6.42 Å². The Morgan fingerprint density at radius 1 is 1.44 bits per heavy atom. The zero-order valence-corrected chi connectivity index (χ0v) is 11.7. The van der Waals surface area contributed by atoms with E-state index in [1.165, 1.54) is 0 Å². The molecule has 0 amide bonds. The van der Waals surface area contributed by atoms with Crippen LogP contribution in [0.2, 0.25) is 5.02 Å². The van der Waals surface area contributed by atoms with Crippen molar-refractivity contribution in [2.45, 2.75) is 12.6 Å². The highest BCUT2D eigenvalue weighted by Gasteiger charge is 2.23. The fourth-order valence-electron chi connectivity index (χ4n) is 2.11. The Morgan fingerprint density at radius 2 is 2.28 bits per heavy atom. The van der Waals surface area contributed by atoms with Crippen LogP contribution in [0, 0.1) is 0 Å². The van der Waals surface area contributed by atoms with E-state index in [1.54, 1.807) is 6.20 Å². The van der Waals surface area contributed by atoms with Crippen LogP contribution < -0.4 is 4.90 Å². The molecule has 0 aliphatic carbocycles. The lowest BCUT2D eigenvalue weighted by Gasteiger charge is -2.16. The average molecular weight is 331 g/mol. The normalized spacial score (nSPS) is 19.7. The highest BCUT2D eigenvalue weighted by molar-refractivity contribution is 9.10. The molecular weight excluding hydrogens is 321 g/mol. The number of pyridine rings is 2. The number of hydrogen-bond donors (Lipinski definition) is 0. The van der Waals surface area contributed by atoms with E-state index in [4.69, 9.17) is 11.6 Å². The predicted octanol–water partition coefficient (Wildman–Crippen LogP) is 3.59. The minimum absolute atomic E-state index is 0.407. The first kappa shape index (κ1) is 12.1. The van der Waals surface area contributed by atoms with E-state index >= 15 is 0 Å². The summed E-state index contributed by atoms with van der Waals surface area (Å²) < 4.78 is 13.9. The van der Waals surface area contributed by atoms with Gasteiger partial charge in [0.05, 0.1) is 21.6 Å². The minimum Gasteiger partial charge on any atom is -0.354 e. The van der Waals surface area contributed by atoms with Crippen LogP contribution in [0.4, 0.5) is 10.2 Å². The van der Waals surface area contributed by atoms with Gasteiger partial charge in [0.15, 0.2) is 0 Å². The summed E-state index contributed by atoms with van der Waals surface area (Å²) in [5, 5.41) is 0.525. The second-order valence-electron chi connectivity index (χ2n) is 4.29. The quantitative estimate of drug-likeness (QED) is 0.800. The number of rotatable bonds is 1. The van der Waals surface area contributed by atoms with Crippen molar-refractivity contribution >= 4 is 44.4 Å². The fraction of sp³-hybridized carbons (Fsp3) is 0.333. The highest BCUT2D eigenvalue weighted by atomic mass is 79.9. The lowest BCUT2D eigenvalue weighted by Crippen LogP contribution is -2.21. The highest BCUT2D eigenvalue weighted by Crippen LogP contribution is 2.30. The molecule has 6 heteroatoms. The van der Waals surface area contributed by atoms with Crippen molar-refractivity contribution in [1.29, 1.82) is 0 Å². The standard InChI is InChI=1S/C12H10BrClFN3/c13-11-8(14)5-16-9-1-2-10(17-12(9)11)18-4-3-7(15)6-18/h1-2,5,7H,3-4,6H2. The van der Waals surface area contributed by atoms with Gasteiger partial charge in [0.25, 0.3) is 0 Å². The van der Waals surface area contributed by atoms with Gasteiger partial charge in [-0.2, -0.15) is 0 Å². The van der Waals surface area contributed by atoms with Crippen molar-refractivity contribution in [2.75, 3.05) is 18.0 Å².